The molecule has 0 saturated carbocycles. The molecule has 0 fully saturated rings. The van der Waals surface area contributed by atoms with E-state index >= 15 is 0 Å². The highest BCUT2D eigenvalue weighted by Gasteiger charge is 2.28. The van der Waals surface area contributed by atoms with E-state index in [4.69, 9.17) is 9.47 Å². The molecule has 0 bridgehead atoms. The molecule has 138 valence electrons. The van der Waals surface area contributed by atoms with Crippen LogP contribution < -0.4 is 4.74 Å². The highest BCUT2D eigenvalue weighted by atomic mass is 79.9. The number of hydrogen-bond donors (Lipinski definition) is 4. The Morgan fingerprint density at radius 2 is 1.71 bits per heavy atom. The summed E-state index contributed by atoms with van der Waals surface area (Å²) in [7, 11) is 0. The van der Waals surface area contributed by atoms with E-state index in [-0.39, 0.29) is 5.92 Å². The fourth-order valence-corrected chi connectivity index (χ4v) is 3.04. The lowest BCUT2D eigenvalue weighted by molar-refractivity contribution is -0.205. The van der Waals surface area contributed by atoms with Gasteiger partial charge in [-0.1, -0.05) is 29.8 Å². The van der Waals surface area contributed by atoms with Gasteiger partial charge < -0.3 is 29.9 Å². The first-order valence-electron chi connectivity index (χ1n) is 7.91. The number of aryl methyl sites for hydroxylation is 1. The number of aliphatic hydroxyl groups excluding tert-OH is 4. The first-order valence-corrected chi connectivity index (χ1v) is 8.70. The summed E-state index contributed by atoms with van der Waals surface area (Å²) in [5, 5.41) is 38.1. The average Bonchev–Trinajstić information content (AvgIpc) is 2.51. The Bertz CT molecular complexity index is 520. The maximum Gasteiger partial charge on any atom is 0.228 e. The van der Waals surface area contributed by atoms with Crippen LogP contribution in [0.3, 0.4) is 0 Å². The third-order valence-corrected chi connectivity index (χ3v) is 4.37. The number of aliphatic hydroxyl groups is 4. The van der Waals surface area contributed by atoms with Crippen molar-refractivity contribution < 1.29 is 29.9 Å². The molecule has 0 saturated heterocycles. The molecule has 1 unspecified atom stereocenters. The first-order chi connectivity index (χ1) is 11.2. The number of rotatable bonds is 9. The van der Waals surface area contributed by atoms with E-state index in [2.05, 4.69) is 15.9 Å². The van der Waals surface area contributed by atoms with Crippen molar-refractivity contribution in [2.45, 2.75) is 58.2 Å². The molecule has 1 aromatic rings. The largest absolute Gasteiger partial charge is 0.462 e. The van der Waals surface area contributed by atoms with Crippen molar-refractivity contribution in [3.63, 3.8) is 0 Å². The van der Waals surface area contributed by atoms with Gasteiger partial charge >= 0.3 is 0 Å². The van der Waals surface area contributed by atoms with Crippen LogP contribution in [0.5, 0.6) is 5.75 Å². The fourth-order valence-electron chi connectivity index (χ4n) is 2.13. The van der Waals surface area contributed by atoms with Crippen LogP contribution in [-0.2, 0) is 4.74 Å². The van der Waals surface area contributed by atoms with Crippen LogP contribution in [0.25, 0.3) is 0 Å². The zero-order chi connectivity index (χ0) is 18.4. The Morgan fingerprint density at radius 1 is 1.08 bits per heavy atom. The third-order valence-electron chi connectivity index (χ3n) is 3.69. The molecule has 0 heterocycles. The van der Waals surface area contributed by atoms with Gasteiger partial charge in [-0.2, -0.15) is 0 Å². The molecule has 0 spiro atoms. The summed E-state index contributed by atoms with van der Waals surface area (Å²) >= 11 is 3.52. The quantitative estimate of drug-likeness (QED) is 0.465. The second kappa shape index (κ2) is 9.70. The summed E-state index contributed by atoms with van der Waals surface area (Å²) in [5.74, 6) is 0.758. The molecule has 7 heteroatoms. The molecule has 0 aromatic heterocycles. The maximum atomic E-state index is 9.96. The fraction of sp³-hybridized carbons (Fsp3) is 0.647. The molecule has 1 rings (SSSR count). The van der Waals surface area contributed by atoms with Crippen LogP contribution in [0.15, 0.2) is 16.6 Å². The molecule has 0 aliphatic rings. The van der Waals surface area contributed by atoms with E-state index in [9.17, 15) is 20.4 Å². The van der Waals surface area contributed by atoms with E-state index < -0.39 is 37.8 Å². The summed E-state index contributed by atoms with van der Waals surface area (Å²) in [5.41, 5.74) is 1.85. The summed E-state index contributed by atoms with van der Waals surface area (Å²) in [6.45, 7) is 6.40. The van der Waals surface area contributed by atoms with Gasteiger partial charge in [-0.25, -0.2) is 0 Å². The predicted molar refractivity (Wildman–Crippen MR) is 94.1 cm³/mol. The lowest BCUT2D eigenvalue weighted by Crippen LogP contribution is -2.44. The van der Waals surface area contributed by atoms with Crippen molar-refractivity contribution in [2.75, 3.05) is 13.2 Å². The molecule has 24 heavy (non-hydrogen) atoms. The van der Waals surface area contributed by atoms with E-state index in [0.29, 0.717) is 5.75 Å². The molecule has 4 N–H and O–H groups in total. The molecule has 1 aromatic carbocycles. The highest BCUT2D eigenvalue weighted by molar-refractivity contribution is 9.10. The standard InChI is InChI=1S/C17H27BrO6/c1-9(2)12-6-15(10(3)5-13(12)18)23-17(14(22)7-19)24-16(8-20)11(4)21/h5-6,9,11,14,16-17,19-22H,7-8H2,1-4H3/t11-,14-,16?,17+/m0/s1. The molecule has 0 aliphatic carbocycles. The Kier molecular flexibility index (Phi) is 8.62. The number of halogens is 1. The first kappa shape index (κ1) is 21.3. The lowest BCUT2D eigenvalue weighted by atomic mass is 10.0. The molecule has 6 nitrogen and oxygen atoms in total. The highest BCUT2D eigenvalue weighted by Crippen LogP contribution is 2.32. The van der Waals surface area contributed by atoms with Crippen LogP contribution in [0.2, 0.25) is 0 Å². The predicted octanol–water partition coefficient (Wildman–Crippen LogP) is 1.70. The SMILES string of the molecule is Cc1cc(Br)c(C(C)C)cc1O[C@H](OC(CO)[C@H](C)O)[C@@H](O)CO. The second-order valence-corrected chi connectivity index (χ2v) is 6.98. The zero-order valence-electron chi connectivity index (χ0n) is 14.4. The lowest BCUT2D eigenvalue weighted by Gasteiger charge is -2.29. The van der Waals surface area contributed by atoms with Crippen molar-refractivity contribution in [1.29, 1.82) is 0 Å². The van der Waals surface area contributed by atoms with Gasteiger partial charge in [0.1, 0.15) is 18.0 Å². The van der Waals surface area contributed by atoms with Crippen molar-refractivity contribution in [1.82, 2.24) is 0 Å². The Hall–Kier alpha value is -0.700. The van der Waals surface area contributed by atoms with Gasteiger partial charge in [0, 0.05) is 4.47 Å². The zero-order valence-corrected chi connectivity index (χ0v) is 16.0. The van der Waals surface area contributed by atoms with E-state index in [0.717, 1.165) is 15.6 Å². The van der Waals surface area contributed by atoms with Gasteiger partial charge in [0.2, 0.25) is 6.29 Å². The van der Waals surface area contributed by atoms with Gasteiger partial charge in [-0.3, -0.25) is 0 Å². The molecular formula is C17H27BrO6. The minimum Gasteiger partial charge on any atom is -0.462 e. The number of benzene rings is 1. The summed E-state index contributed by atoms with van der Waals surface area (Å²) in [6, 6.07) is 3.76. The monoisotopic (exact) mass is 406 g/mol. The van der Waals surface area contributed by atoms with Gasteiger partial charge in [-0.15, -0.1) is 0 Å². The van der Waals surface area contributed by atoms with Crippen LogP contribution >= 0.6 is 15.9 Å². The third kappa shape index (κ3) is 5.68. The van der Waals surface area contributed by atoms with Gasteiger partial charge in [-0.05, 0) is 43.0 Å². The van der Waals surface area contributed by atoms with Crippen LogP contribution in [-0.4, -0.2) is 58.2 Å². The molecular weight excluding hydrogens is 380 g/mol. The van der Waals surface area contributed by atoms with E-state index in [1.165, 1.54) is 6.92 Å². The van der Waals surface area contributed by atoms with Crippen molar-refractivity contribution in [2.24, 2.45) is 0 Å². The molecule has 0 aliphatic heterocycles. The number of ether oxygens (including phenoxy) is 2. The Labute approximate surface area is 151 Å². The van der Waals surface area contributed by atoms with Crippen LogP contribution in [0.1, 0.15) is 37.8 Å². The van der Waals surface area contributed by atoms with Crippen molar-refractivity contribution in [3.05, 3.63) is 27.7 Å². The van der Waals surface area contributed by atoms with Crippen LogP contribution in [0, 0.1) is 6.92 Å². The smallest absolute Gasteiger partial charge is 0.228 e. The van der Waals surface area contributed by atoms with Gasteiger partial charge in [0.15, 0.2) is 0 Å². The topological polar surface area (TPSA) is 99.4 Å². The van der Waals surface area contributed by atoms with Gasteiger partial charge in [0.25, 0.3) is 0 Å². The number of hydrogen-bond acceptors (Lipinski definition) is 6. The molecule has 0 amide bonds. The normalized spacial score (nSPS) is 16.8. The Morgan fingerprint density at radius 3 is 2.17 bits per heavy atom. The Balaban J connectivity index is 3.08. The van der Waals surface area contributed by atoms with E-state index in [1.807, 2.05) is 32.9 Å². The maximum absolute atomic E-state index is 9.96. The van der Waals surface area contributed by atoms with E-state index in [1.54, 1.807) is 0 Å². The van der Waals surface area contributed by atoms with Crippen LogP contribution in [0.4, 0.5) is 0 Å². The molecule has 4 atom stereocenters. The summed E-state index contributed by atoms with van der Waals surface area (Å²) in [4.78, 5) is 0. The minimum atomic E-state index is -1.32. The minimum absolute atomic E-state index is 0.257. The molecule has 0 radical (unpaired) electrons. The summed E-state index contributed by atoms with van der Waals surface area (Å²) in [6.07, 6.45) is -4.43. The summed E-state index contributed by atoms with van der Waals surface area (Å²) < 4.78 is 12.2. The second-order valence-electron chi connectivity index (χ2n) is 6.13. The van der Waals surface area contributed by atoms with Gasteiger partial charge in [0.05, 0.1) is 19.3 Å². The van der Waals surface area contributed by atoms with Crippen molar-refractivity contribution in [3.8, 4) is 5.75 Å². The average molecular weight is 407 g/mol. The van der Waals surface area contributed by atoms with Crippen molar-refractivity contribution >= 4 is 15.9 Å².